The van der Waals surface area contributed by atoms with Crippen LogP contribution in [-0.2, 0) is 28.6 Å². The van der Waals surface area contributed by atoms with Gasteiger partial charge in [-0.25, -0.2) is 0 Å². The zero-order valence-corrected chi connectivity index (χ0v) is 39.5. The van der Waals surface area contributed by atoms with Crippen LogP contribution in [0.2, 0.25) is 0 Å². The van der Waals surface area contributed by atoms with Gasteiger partial charge in [0.15, 0.2) is 6.10 Å². The summed E-state index contributed by atoms with van der Waals surface area (Å²) in [5.74, 6) is -0.0860. The van der Waals surface area contributed by atoms with Crippen LogP contribution in [0.3, 0.4) is 0 Å². The van der Waals surface area contributed by atoms with E-state index in [0.29, 0.717) is 19.3 Å². The lowest BCUT2D eigenvalue weighted by atomic mass is 10.0. The molecule has 0 radical (unpaired) electrons. The Bertz CT molecular complexity index is 872. The van der Waals surface area contributed by atoms with E-state index in [-0.39, 0.29) is 31.1 Å². The van der Waals surface area contributed by atoms with Crippen molar-refractivity contribution in [3.8, 4) is 0 Å². The number of carbonyl (C=O) groups is 3. The zero-order chi connectivity index (χ0) is 42.4. The number of rotatable bonds is 47. The topological polar surface area (TPSA) is 78.9 Å². The summed E-state index contributed by atoms with van der Waals surface area (Å²) < 4.78 is 16.8. The van der Waals surface area contributed by atoms with Crippen LogP contribution in [0.15, 0.2) is 0 Å². The third kappa shape index (κ3) is 45.5. The molecule has 0 fully saturated rings. The molecule has 0 aromatic carbocycles. The Morgan fingerprint density at radius 3 is 0.845 bits per heavy atom. The molecule has 0 bridgehead atoms. The molecule has 6 nitrogen and oxygen atoms in total. The molecule has 0 N–H and O–H groups in total. The lowest BCUT2D eigenvalue weighted by molar-refractivity contribution is -0.167. The van der Waals surface area contributed by atoms with Gasteiger partial charge >= 0.3 is 17.9 Å². The standard InChI is InChI=1S/C52H100O6/c1-5-7-9-11-13-15-17-19-21-22-23-25-27-29-31-37-41-45-52(55)58-49(47-57-51(54)44-40-36-33-32-34-38-42-48(3)4)46-56-50(53)43-39-35-30-28-26-24-20-18-16-14-12-10-8-6-2/h48-49H,5-47H2,1-4H3/t49-/m1/s1. The largest absolute Gasteiger partial charge is 0.462 e. The maximum absolute atomic E-state index is 12.8. The fourth-order valence-electron chi connectivity index (χ4n) is 7.86. The quantitative estimate of drug-likeness (QED) is 0.0346. The van der Waals surface area contributed by atoms with Crippen molar-refractivity contribution in [1.29, 1.82) is 0 Å². The first-order valence-corrected chi connectivity index (χ1v) is 25.9. The molecule has 6 heteroatoms. The first kappa shape index (κ1) is 56.4. The summed E-state index contributed by atoms with van der Waals surface area (Å²) in [7, 11) is 0. The second kappa shape index (κ2) is 46.5. The van der Waals surface area contributed by atoms with Crippen molar-refractivity contribution in [3.05, 3.63) is 0 Å². The first-order chi connectivity index (χ1) is 28.4. The molecule has 0 heterocycles. The molecule has 0 aliphatic carbocycles. The SMILES string of the molecule is CCCCCCCCCCCCCCCCCCCC(=O)O[C@H](COC(=O)CCCCCCCCCCCCCCCC)COC(=O)CCCCCCCCC(C)C. The average molecular weight is 821 g/mol. The third-order valence-electron chi connectivity index (χ3n) is 11.8. The van der Waals surface area contributed by atoms with Gasteiger partial charge in [0, 0.05) is 19.3 Å². The van der Waals surface area contributed by atoms with Gasteiger partial charge < -0.3 is 14.2 Å². The van der Waals surface area contributed by atoms with E-state index in [1.165, 1.54) is 186 Å². The molecule has 0 amide bonds. The summed E-state index contributed by atoms with van der Waals surface area (Å²) in [6.07, 6.45) is 48.2. The van der Waals surface area contributed by atoms with Gasteiger partial charge in [-0.2, -0.15) is 0 Å². The van der Waals surface area contributed by atoms with E-state index >= 15 is 0 Å². The van der Waals surface area contributed by atoms with Crippen molar-refractivity contribution in [3.63, 3.8) is 0 Å². The summed E-state index contributed by atoms with van der Waals surface area (Å²) in [5.41, 5.74) is 0. The van der Waals surface area contributed by atoms with Crippen molar-refractivity contribution >= 4 is 17.9 Å². The van der Waals surface area contributed by atoms with E-state index in [2.05, 4.69) is 27.7 Å². The van der Waals surface area contributed by atoms with Crippen LogP contribution >= 0.6 is 0 Å². The second-order valence-corrected chi connectivity index (χ2v) is 18.3. The van der Waals surface area contributed by atoms with E-state index in [1.807, 2.05) is 0 Å². The minimum Gasteiger partial charge on any atom is -0.462 e. The van der Waals surface area contributed by atoms with Crippen LogP contribution in [0.25, 0.3) is 0 Å². The Hall–Kier alpha value is -1.59. The van der Waals surface area contributed by atoms with Crippen LogP contribution in [0.5, 0.6) is 0 Å². The lowest BCUT2D eigenvalue weighted by Crippen LogP contribution is -2.30. The monoisotopic (exact) mass is 821 g/mol. The molecule has 0 aromatic heterocycles. The molecule has 1 atom stereocenters. The third-order valence-corrected chi connectivity index (χ3v) is 11.8. The number of ether oxygens (including phenoxy) is 3. The fourth-order valence-corrected chi connectivity index (χ4v) is 7.86. The predicted octanol–water partition coefficient (Wildman–Crippen LogP) is 16.7. The maximum Gasteiger partial charge on any atom is 0.306 e. The van der Waals surface area contributed by atoms with Crippen molar-refractivity contribution in [2.45, 2.75) is 297 Å². The van der Waals surface area contributed by atoms with Crippen molar-refractivity contribution in [1.82, 2.24) is 0 Å². The smallest absolute Gasteiger partial charge is 0.306 e. The molecule has 0 aliphatic heterocycles. The van der Waals surface area contributed by atoms with E-state index in [1.54, 1.807) is 0 Å². The minimum absolute atomic E-state index is 0.0636. The highest BCUT2D eigenvalue weighted by Gasteiger charge is 2.19. The Morgan fingerprint density at radius 1 is 0.328 bits per heavy atom. The number of hydrogen-bond acceptors (Lipinski definition) is 6. The molecule has 0 aromatic rings. The fraction of sp³-hybridized carbons (Fsp3) is 0.942. The van der Waals surface area contributed by atoms with Crippen molar-refractivity contribution in [2.75, 3.05) is 13.2 Å². The summed E-state index contributed by atoms with van der Waals surface area (Å²) in [6.45, 7) is 8.96. The molecule has 344 valence electrons. The first-order valence-electron chi connectivity index (χ1n) is 25.9. The van der Waals surface area contributed by atoms with Crippen LogP contribution in [0.4, 0.5) is 0 Å². The van der Waals surface area contributed by atoms with Crippen LogP contribution in [0.1, 0.15) is 291 Å². The van der Waals surface area contributed by atoms with Crippen LogP contribution < -0.4 is 0 Å². The number of hydrogen-bond donors (Lipinski definition) is 0. The van der Waals surface area contributed by atoms with E-state index in [0.717, 1.165) is 63.7 Å². The van der Waals surface area contributed by atoms with Gasteiger partial charge in [0.25, 0.3) is 0 Å². The van der Waals surface area contributed by atoms with Crippen LogP contribution in [0, 0.1) is 5.92 Å². The molecule has 0 spiro atoms. The van der Waals surface area contributed by atoms with Gasteiger partial charge in [-0.05, 0) is 25.2 Å². The van der Waals surface area contributed by atoms with Gasteiger partial charge in [-0.15, -0.1) is 0 Å². The van der Waals surface area contributed by atoms with Gasteiger partial charge in [0.2, 0.25) is 0 Å². The molecule has 58 heavy (non-hydrogen) atoms. The molecule has 0 aliphatic rings. The minimum atomic E-state index is -0.761. The molecule has 0 saturated heterocycles. The highest BCUT2D eigenvalue weighted by Crippen LogP contribution is 2.17. The average Bonchev–Trinajstić information content (AvgIpc) is 3.21. The van der Waals surface area contributed by atoms with Gasteiger partial charge in [-0.1, -0.05) is 252 Å². The molecule has 0 saturated carbocycles. The van der Waals surface area contributed by atoms with Gasteiger partial charge in [0.05, 0.1) is 0 Å². The molecule has 0 unspecified atom stereocenters. The number of unbranched alkanes of at least 4 members (excludes halogenated alkanes) is 34. The zero-order valence-electron chi connectivity index (χ0n) is 39.5. The Labute approximate surface area is 361 Å². The Balaban J connectivity index is 4.26. The summed E-state index contributed by atoms with van der Waals surface area (Å²) >= 11 is 0. The van der Waals surface area contributed by atoms with E-state index in [4.69, 9.17) is 14.2 Å². The number of esters is 3. The van der Waals surface area contributed by atoms with Gasteiger partial charge in [0.1, 0.15) is 13.2 Å². The lowest BCUT2D eigenvalue weighted by Gasteiger charge is -2.18. The normalized spacial score (nSPS) is 11.9. The van der Waals surface area contributed by atoms with E-state index < -0.39 is 6.10 Å². The van der Waals surface area contributed by atoms with Crippen molar-refractivity contribution in [2.24, 2.45) is 5.92 Å². The molecule has 0 rings (SSSR count). The summed E-state index contributed by atoms with van der Waals surface area (Å²) in [6, 6.07) is 0. The number of carbonyl (C=O) groups excluding carboxylic acids is 3. The molecular weight excluding hydrogens is 721 g/mol. The predicted molar refractivity (Wildman–Crippen MR) is 247 cm³/mol. The van der Waals surface area contributed by atoms with Crippen LogP contribution in [-0.4, -0.2) is 37.2 Å². The van der Waals surface area contributed by atoms with Crippen molar-refractivity contribution < 1.29 is 28.6 Å². The highest BCUT2D eigenvalue weighted by atomic mass is 16.6. The highest BCUT2D eigenvalue weighted by molar-refractivity contribution is 5.71. The maximum atomic E-state index is 12.8. The summed E-state index contributed by atoms with van der Waals surface area (Å²) in [4.78, 5) is 37.9. The second-order valence-electron chi connectivity index (χ2n) is 18.3. The Kier molecular flexibility index (Phi) is 45.2. The molecular formula is C52H100O6. The van der Waals surface area contributed by atoms with Gasteiger partial charge in [-0.3, -0.25) is 14.4 Å². The Morgan fingerprint density at radius 2 is 0.569 bits per heavy atom. The summed E-state index contributed by atoms with van der Waals surface area (Å²) in [5, 5.41) is 0. The van der Waals surface area contributed by atoms with E-state index in [9.17, 15) is 14.4 Å².